The van der Waals surface area contributed by atoms with E-state index < -0.39 is 0 Å². The number of ether oxygens (including phenoxy) is 1. The highest BCUT2D eigenvalue weighted by atomic mass is 16.5. The molecule has 1 aliphatic rings. The van der Waals surface area contributed by atoms with E-state index in [0.717, 1.165) is 37.9 Å². The van der Waals surface area contributed by atoms with Crippen LogP contribution in [0.3, 0.4) is 0 Å². The molecular formula is C20H21N7O2. The van der Waals surface area contributed by atoms with Crippen LogP contribution in [0.25, 0.3) is 0 Å². The van der Waals surface area contributed by atoms with Crippen molar-refractivity contribution < 1.29 is 9.53 Å². The Morgan fingerprint density at radius 1 is 0.931 bits per heavy atom. The molecule has 1 N–H and O–H groups in total. The van der Waals surface area contributed by atoms with Crippen molar-refractivity contribution >= 4 is 23.5 Å². The average Bonchev–Trinajstić information content (AvgIpc) is 2.80. The molecule has 0 spiro atoms. The Labute approximate surface area is 168 Å². The molecule has 0 unspecified atom stereocenters. The molecule has 0 bridgehead atoms. The molecule has 9 nitrogen and oxygen atoms in total. The highest BCUT2D eigenvalue weighted by molar-refractivity contribution is 6.05. The van der Waals surface area contributed by atoms with Crippen LogP contribution in [-0.4, -0.2) is 59.4 Å². The van der Waals surface area contributed by atoms with Gasteiger partial charge in [0.25, 0.3) is 5.91 Å². The summed E-state index contributed by atoms with van der Waals surface area (Å²) in [5.41, 5.74) is 0.445. The number of anilines is 3. The highest BCUT2D eigenvalue weighted by Gasteiger charge is 2.20. The van der Waals surface area contributed by atoms with Crippen molar-refractivity contribution in [2.24, 2.45) is 0 Å². The molecule has 9 heteroatoms. The van der Waals surface area contributed by atoms with E-state index in [1.807, 2.05) is 18.2 Å². The van der Waals surface area contributed by atoms with Crippen LogP contribution >= 0.6 is 0 Å². The number of methoxy groups -OCH3 is 1. The van der Waals surface area contributed by atoms with Crippen molar-refractivity contribution in [2.75, 3.05) is 48.4 Å². The lowest BCUT2D eigenvalue weighted by Gasteiger charge is -2.35. The maximum atomic E-state index is 12.5. The van der Waals surface area contributed by atoms with Gasteiger partial charge in [0, 0.05) is 38.6 Å². The quantitative estimate of drug-likeness (QED) is 0.704. The Morgan fingerprint density at radius 3 is 2.34 bits per heavy atom. The predicted octanol–water partition coefficient (Wildman–Crippen LogP) is 1.85. The number of benzene rings is 1. The number of hydrogen-bond acceptors (Lipinski definition) is 8. The maximum Gasteiger partial charge on any atom is 0.260 e. The van der Waals surface area contributed by atoms with Crippen LogP contribution in [0.5, 0.6) is 5.75 Å². The highest BCUT2D eigenvalue weighted by Crippen LogP contribution is 2.20. The fraction of sp³-hybridized carbons (Fsp3) is 0.250. The second-order valence-electron chi connectivity index (χ2n) is 6.45. The van der Waals surface area contributed by atoms with E-state index in [0.29, 0.717) is 17.1 Å². The van der Waals surface area contributed by atoms with Crippen LogP contribution in [0, 0.1) is 0 Å². The fourth-order valence-electron chi connectivity index (χ4n) is 3.17. The van der Waals surface area contributed by atoms with E-state index in [4.69, 9.17) is 4.74 Å². The first-order valence-electron chi connectivity index (χ1n) is 9.29. The van der Waals surface area contributed by atoms with Gasteiger partial charge in [0.05, 0.1) is 12.7 Å². The number of amides is 1. The number of carbonyl (C=O) groups is 1. The summed E-state index contributed by atoms with van der Waals surface area (Å²) in [5.74, 6) is 2.12. The molecule has 148 valence electrons. The van der Waals surface area contributed by atoms with E-state index in [1.165, 1.54) is 7.11 Å². The Morgan fingerprint density at radius 2 is 1.66 bits per heavy atom. The first-order chi connectivity index (χ1) is 14.2. The predicted molar refractivity (Wildman–Crippen MR) is 109 cm³/mol. The third-order valence-electron chi connectivity index (χ3n) is 4.68. The summed E-state index contributed by atoms with van der Waals surface area (Å²) in [4.78, 5) is 25.4. The van der Waals surface area contributed by atoms with E-state index in [-0.39, 0.29) is 5.91 Å². The molecule has 1 aromatic carbocycles. The minimum atomic E-state index is -0.291. The Hall–Kier alpha value is -3.75. The number of nitrogens with one attached hydrogen (secondary N) is 1. The number of carbonyl (C=O) groups excluding carboxylic acids is 1. The smallest absolute Gasteiger partial charge is 0.260 e. The monoisotopic (exact) mass is 391 g/mol. The summed E-state index contributed by atoms with van der Waals surface area (Å²) in [6, 6.07) is 12.5. The number of para-hydroxylation sites is 1. The third-order valence-corrected chi connectivity index (χ3v) is 4.68. The molecular weight excluding hydrogens is 370 g/mol. The molecule has 29 heavy (non-hydrogen) atoms. The fourth-order valence-corrected chi connectivity index (χ4v) is 3.17. The summed E-state index contributed by atoms with van der Waals surface area (Å²) < 4.78 is 5.23. The molecule has 3 heterocycles. The van der Waals surface area contributed by atoms with E-state index in [9.17, 15) is 4.79 Å². The van der Waals surface area contributed by atoms with Gasteiger partial charge in [0.2, 0.25) is 5.95 Å². The van der Waals surface area contributed by atoms with Gasteiger partial charge in [-0.2, -0.15) is 0 Å². The van der Waals surface area contributed by atoms with Gasteiger partial charge in [-0.3, -0.25) is 4.79 Å². The Kier molecular flexibility index (Phi) is 5.46. The zero-order chi connectivity index (χ0) is 20.1. The molecule has 3 aromatic rings. The largest absolute Gasteiger partial charge is 0.496 e. The molecule has 2 aromatic heterocycles. The minimum Gasteiger partial charge on any atom is -0.496 e. The van der Waals surface area contributed by atoms with Gasteiger partial charge in [0.15, 0.2) is 11.6 Å². The summed E-state index contributed by atoms with van der Waals surface area (Å²) in [7, 11) is 1.53. The van der Waals surface area contributed by atoms with Gasteiger partial charge in [0.1, 0.15) is 5.75 Å². The molecule has 1 aliphatic heterocycles. The van der Waals surface area contributed by atoms with Crippen LogP contribution < -0.4 is 19.9 Å². The molecule has 4 rings (SSSR count). The van der Waals surface area contributed by atoms with Crippen LogP contribution in [0.15, 0.2) is 54.9 Å². The van der Waals surface area contributed by atoms with Crippen LogP contribution in [-0.2, 0) is 0 Å². The van der Waals surface area contributed by atoms with Crippen molar-refractivity contribution in [2.45, 2.75) is 0 Å². The molecule has 1 amide bonds. The van der Waals surface area contributed by atoms with Crippen molar-refractivity contribution in [1.82, 2.24) is 20.2 Å². The zero-order valence-electron chi connectivity index (χ0n) is 16.0. The minimum absolute atomic E-state index is 0.291. The maximum absolute atomic E-state index is 12.5. The standard InChI is InChI=1S/C20H21N7O2/c1-29-16-6-3-2-5-15(16)19(28)23-17-7-8-18(25-24-17)26-11-13-27(14-12-26)20-21-9-4-10-22-20/h2-10H,11-14H2,1H3,(H,23,24,28). The normalized spacial score (nSPS) is 13.8. The second-order valence-corrected chi connectivity index (χ2v) is 6.45. The lowest BCUT2D eigenvalue weighted by Crippen LogP contribution is -2.47. The number of nitrogens with zero attached hydrogens (tertiary/aromatic N) is 6. The van der Waals surface area contributed by atoms with Gasteiger partial charge < -0.3 is 19.9 Å². The third kappa shape index (κ3) is 4.23. The Balaban J connectivity index is 1.37. The lowest BCUT2D eigenvalue weighted by molar-refractivity contribution is 0.102. The van der Waals surface area contributed by atoms with Gasteiger partial charge in [-0.15, -0.1) is 10.2 Å². The summed E-state index contributed by atoms with van der Waals surface area (Å²) in [6.45, 7) is 3.19. The molecule has 1 fully saturated rings. The van der Waals surface area contributed by atoms with E-state index in [1.54, 1.807) is 36.7 Å². The molecule has 0 saturated carbocycles. The van der Waals surface area contributed by atoms with Crippen LogP contribution in [0.1, 0.15) is 10.4 Å². The van der Waals surface area contributed by atoms with Crippen LogP contribution in [0.4, 0.5) is 17.6 Å². The molecule has 0 radical (unpaired) electrons. The molecule has 1 saturated heterocycles. The van der Waals surface area contributed by atoms with Gasteiger partial charge in [-0.1, -0.05) is 12.1 Å². The van der Waals surface area contributed by atoms with E-state index >= 15 is 0 Å². The number of rotatable bonds is 5. The summed E-state index contributed by atoms with van der Waals surface area (Å²) in [5, 5.41) is 11.2. The van der Waals surface area contributed by atoms with Crippen molar-refractivity contribution in [3.8, 4) is 5.75 Å². The topological polar surface area (TPSA) is 96.4 Å². The van der Waals surface area contributed by atoms with Gasteiger partial charge >= 0.3 is 0 Å². The zero-order valence-corrected chi connectivity index (χ0v) is 16.0. The lowest BCUT2D eigenvalue weighted by atomic mass is 10.2. The van der Waals surface area contributed by atoms with Crippen molar-refractivity contribution in [3.05, 3.63) is 60.4 Å². The van der Waals surface area contributed by atoms with Crippen LogP contribution in [0.2, 0.25) is 0 Å². The summed E-state index contributed by atoms with van der Waals surface area (Å²) >= 11 is 0. The number of piperazine rings is 1. The molecule has 0 aliphatic carbocycles. The SMILES string of the molecule is COc1ccccc1C(=O)Nc1ccc(N2CCN(c3ncccn3)CC2)nn1. The first kappa shape index (κ1) is 18.6. The average molecular weight is 391 g/mol. The number of hydrogen-bond donors (Lipinski definition) is 1. The van der Waals surface area contributed by atoms with Crippen molar-refractivity contribution in [3.63, 3.8) is 0 Å². The van der Waals surface area contributed by atoms with Crippen molar-refractivity contribution in [1.29, 1.82) is 0 Å². The number of aromatic nitrogens is 4. The summed E-state index contributed by atoms with van der Waals surface area (Å²) in [6.07, 6.45) is 3.50. The van der Waals surface area contributed by atoms with Gasteiger partial charge in [-0.25, -0.2) is 9.97 Å². The first-order valence-corrected chi connectivity index (χ1v) is 9.29. The van der Waals surface area contributed by atoms with Gasteiger partial charge in [-0.05, 0) is 30.3 Å². The second kappa shape index (κ2) is 8.51. The van der Waals surface area contributed by atoms with E-state index in [2.05, 4.69) is 35.3 Å². The Bertz CT molecular complexity index is 958. The molecule has 0 atom stereocenters.